The maximum atomic E-state index is 12.4. The highest BCUT2D eigenvalue weighted by molar-refractivity contribution is 6.02. The number of carbonyl (C=O) groups excluding carboxylic acids is 2. The predicted molar refractivity (Wildman–Crippen MR) is 92.3 cm³/mol. The van der Waals surface area contributed by atoms with E-state index in [0.29, 0.717) is 12.1 Å². The minimum absolute atomic E-state index is 0.129. The maximum absolute atomic E-state index is 12.4. The van der Waals surface area contributed by atoms with E-state index < -0.39 is 0 Å². The van der Waals surface area contributed by atoms with Crippen molar-refractivity contribution in [1.82, 2.24) is 9.80 Å². The summed E-state index contributed by atoms with van der Waals surface area (Å²) in [5, 5.41) is 9.22. The molecule has 1 aliphatic heterocycles. The van der Waals surface area contributed by atoms with E-state index in [1.807, 2.05) is 42.5 Å². The molecule has 5 nitrogen and oxygen atoms in total. The van der Waals surface area contributed by atoms with Gasteiger partial charge in [0.2, 0.25) is 0 Å². The molecule has 0 N–H and O–H groups in total. The van der Waals surface area contributed by atoms with Gasteiger partial charge in [-0.1, -0.05) is 42.5 Å². The Bertz CT molecular complexity index is 879. The standard InChI is InChI=1S/C20H17N3O2/c21-11-16-3-1-2-4-18(16)15-7-5-14(6-8-15)12-23-19(24)13-22(20(23)25)17-9-10-17/h1-8,17H,9-10,12-13H2. The van der Waals surface area contributed by atoms with Crippen LogP contribution in [0, 0.1) is 11.3 Å². The van der Waals surface area contributed by atoms with Crippen LogP contribution < -0.4 is 0 Å². The number of hydrogen-bond acceptors (Lipinski definition) is 3. The Balaban J connectivity index is 1.52. The van der Waals surface area contributed by atoms with Gasteiger partial charge in [-0.15, -0.1) is 0 Å². The summed E-state index contributed by atoms with van der Waals surface area (Å²) in [5.74, 6) is -0.129. The summed E-state index contributed by atoms with van der Waals surface area (Å²) >= 11 is 0. The Hall–Kier alpha value is -3.13. The molecule has 0 atom stereocenters. The summed E-state index contributed by atoms with van der Waals surface area (Å²) in [5.41, 5.74) is 3.35. The highest BCUT2D eigenvalue weighted by Gasteiger charge is 2.43. The van der Waals surface area contributed by atoms with Gasteiger partial charge in [0.1, 0.15) is 6.54 Å². The fourth-order valence-electron chi connectivity index (χ4n) is 3.19. The SMILES string of the molecule is N#Cc1ccccc1-c1ccc(CN2C(=O)CN(C3CC3)C2=O)cc1. The third-order valence-electron chi connectivity index (χ3n) is 4.72. The molecule has 0 spiro atoms. The van der Waals surface area contributed by atoms with Crippen LogP contribution in [0.3, 0.4) is 0 Å². The Morgan fingerprint density at radius 1 is 1.04 bits per heavy atom. The molecule has 1 saturated carbocycles. The van der Waals surface area contributed by atoms with Crippen molar-refractivity contribution in [3.05, 3.63) is 59.7 Å². The Morgan fingerprint density at radius 3 is 2.44 bits per heavy atom. The Labute approximate surface area is 146 Å². The molecule has 0 unspecified atom stereocenters. The van der Waals surface area contributed by atoms with Gasteiger partial charge < -0.3 is 4.90 Å². The number of imide groups is 1. The molecule has 1 aliphatic carbocycles. The van der Waals surface area contributed by atoms with Crippen LogP contribution in [0.4, 0.5) is 4.79 Å². The zero-order valence-corrected chi connectivity index (χ0v) is 13.7. The molecular weight excluding hydrogens is 314 g/mol. The molecule has 0 aromatic heterocycles. The second-order valence-corrected chi connectivity index (χ2v) is 6.48. The normalized spacial score (nSPS) is 17.1. The molecule has 2 aromatic rings. The molecule has 0 bridgehead atoms. The minimum Gasteiger partial charge on any atom is -0.312 e. The number of amides is 3. The summed E-state index contributed by atoms with van der Waals surface area (Å²) in [6, 6.07) is 17.4. The topological polar surface area (TPSA) is 64.4 Å². The molecule has 3 amide bonds. The number of benzene rings is 2. The lowest BCUT2D eigenvalue weighted by atomic mass is 9.99. The van der Waals surface area contributed by atoms with Gasteiger partial charge in [0.05, 0.1) is 18.2 Å². The molecular formula is C20H17N3O2. The lowest BCUT2D eigenvalue weighted by Gasteiger charge is -2.16. The zero-order valence-electron chi connectivity index (χ0n) is 13.7. The van der Waals surface area contributed by atoms with Gasteiger partial charge >= 0.3 is 6.03 Å². The van der Waals surface area contributed by atoms with Crippen LogP contribution in [0.5, 0.6) is 0 Å². The zero-order chi connectivity index (χ0) is 17.4. The number of urea groups is 1. The number of hydrogen-bond donors (Lipinski definition) is 0. The van der Waals surface area contributed by atoms with Crippen LogP contribution in [0.25, 0.3) is 11.1 Å². The second-order valence-electron chi connectivity index (χ2n) is 6.48. The summed E-state index contributed by atoms with van der Waals surface area (Å²) in [6.07, 6.45) is 2.00. The van der Waals surface area contributed by atoms with Crippen molar-refractivity contribution in [2.45, 2.75) is 25.4 Å². The van der Waals surface area contributed by atoms with E-state index in [2.05, 4.69) is 6.07 Å². The van der Waals surface area contributed by atoms with Gasteiger partial charge in [-0.3, -0.25) is 9.69 Å². The Kier molecular flexibility index (Phi) is 3.73. The highest BCUT2D eigenvalue weighted by atomic mass is 16.2. The van der Waals surface area contributed by atoms with Gasteiger partial charge in [-0.25, -0.2) is 4.79 Å². The van der Waals surface area contributed by atoms with E-state index in [1.54, 1.807) is 11.0 Å². The Morgan fingerprint density at radius 2 is 1.76 bits per heavy atom. The van der Waals surface area contributed by atoms with Crippen molar-refractivity contribution in [1.29, 1.82) is 5.26 Å². The largest absolute Gasteiger partial charge is 0.327 e. The first-order chi connectivity index (χ1) is 12.2. The highest BCUT2D eigenvalue weighted by Crippen LogP contribution is 2.31. The van der Waals surface area contributed by atoms with Crippen LogP contribution in [-0.2, 0) is 11.3 Å². The minimum atomic E-state index is -0.175. The lowest BCUT2D eigenvalue weighted by Crippen LogP contribution is -2.33. The van der Waals surface area contributed by atoms with Crippen LogP contribution in [0.15, 0.2) is 48.5 Å². The van der Waals surface area contributed by atoms with Crippen molar-refractivity contribution in [2.24, 2.45) is 0 Å². The fraction of sp³-hybridized carbons (Fsp3) is 0.250. The third kappa shape index (κ3) is 2.87. The number of nitriles is 1. The quantitative estimate of drug-likeness (QED) is 0.809. The molecule has 0 radical (unpaired) electrons. The first kappa shape index (κ1) is 15.4. The summed E-state index contributed by atoms with van der Waals surface area (Å²) in [4.78, 5) is 27.5. The van der Waals surface area contributed by atoms with Crippen molar-refractivity contribution in [3.8, 4) is 17.2 Å². The monoisotopic (exact) mass is 331 g/mol. The fourth-order valence-corrected chi connectivity index (χ4v) is 3.19. The number of rotatable bonds is 4. The smallest absolute Gasteiger partial charge is 0.312 e. The molecule has 1 heterocycles. The number of nitrogens with zero attached hydrogens (tertiary/aromatic N) is 3. The maximum Gasteiger partial charge on any atom is 0.327 e. The lowest BCUT2D eigenvalue weighted by molar-refractivity contribution is -0.125. The van der Waals surface area contributed by atoms with Crippen molar-refractivity contribution < 1.29 is 9.59 Å². The molecule has 2 fully saturated rings. The van der Waals surface area contributed by atoms with Crippen LogP contribution in [0.1, 0.15) is 24.0 Å². The predicted octanol–water partition coefficient (Wildman–Crippen LogP) is 3.15. The molecule has 1 saturated heterocycles. The molecule has 124 valence electrons. The van der Waals surface area contributed by atoms with Crippen LogP contribution in [0.2, 0.25) is 0 Å². The second kappa shape index (κ2) is 6.06. The molecule has 25 heavy (non-hydrogen) atoms. The van der Waals surface area contributed by atoms with Crippen molar-refractivity contribution >= 4 is 11.9 Å². The first-order valence-electron chi connectivity index (χ1n) is 8.37. The van der Waals surface area contributed by atoms with E-state index in [-0.39, 0.29) is 24.5 Å². The molecule has 4 rings (SSSR count). The van der Waals surface area contributed by atoms with Crippen molar-refractivity contribution in [3.63, 3.8) is 0 Å². The summed E-state index contributed by atoms with van der Waals surface area (Å²) < 4.78 is 0. The van der Waals surface area contributed by atoms with E-state index in [9.17, 15) is 14.9 Å². The summed E-state index contributed by atoms with van der Waals surface area (Å²) in [7, 11) is 0. The van der Waals surface area contributed by atoms with E-state index in [4.69, 9.17) is 0 Å². The van der Waals surface area contributed by atoms with Gasteiger partial charge in [0.15, 0.2) is 0 Å². The molecule has 2 aromatic carbocycles. The van der Waals surface area contributed by atoms with Gasteiger partial charge in [-0.05, 0) is 35.6 Å². The van der Waals surface area contributed by atoms with Crippen molar-refractivity contribution in [2.75, 3.05) is 6.54 Å². The molecule has 5 heteroatoms. The number of carbonyl (C=O) groups is 2. The van der Waals surface area contributed by atoms with E-state index in [1.165, 1.54) is 4.90 Å². The summed E-state index contributed by atoms with van der Waals surface area (Å²) in [6.45, 7) is 0.498. The van der Waals surface area contributed by atoms with E-state index >= 15 is 0 Å². The van der Waals surface area contributed by atoms with Crippen LogP contribution >= 0.6 is 0 Å². The van der Waals surface area contributed by atoms with Gasteiger partial charge in [0.25, 0.3) is 5.91 Å². The van der Waals surface area contributed by atoms with Crippen LogP contribution in [-0.4, -0.2) is 34.3 Å². The first-order valence-corrected chi connectivity index (χ1v) is 8.37. The van der Waals surface area contributed by atoms with E-state index in [0.717, 1.165) is 29.5 Å². The van der Waals surface area contributed by atoms with Gasteiger partial charge in [0, 0.05) is 6.04 Å². The molecule has 2 aliphatic rings. The average Bonchev–Trinajstić information content (AvgIpc) is 3.45. The average molecular weight is 331 g/mol. The van der Waals surface area contributed by atoms with Gasteiger partial charge in [-0.2, -0.15) is 5.26 Å². The third-order valence-corrected chi connectivity index (χ3v) is 4.72.